The number of hydrogen-bond acceptors (Lipinski definition) is 4. The number of carbonyl (C=O) groups is 2. The Labute approximate surface area is 118 Å². The molecule has 20 heavy (non-hydrogen) atoms. The van der Waals surface area contributed by atoms with Crippen molar-refractivity contribution in [3.05, 3.63) is 35.9 Å². The summed E-state index contributed by atoms with van der Waals surface area (Å²) in [5, 5.41) is 2.52. The number of alkyl carbamates (subject to hydrolysis) is 1. The lowest BCUT2D eigenvalue weighted by atomic mass is 10.1. The molecule has 0 aliphatic carbocycles. The molecule has 1 rings (SSSR count). The predicted molar refractivity (Wildman–Crippen MR) is 73.7 cm³/mol. The Balaban J connectivity index is 2.84. The van der Waals surface area contributed by atoms with E-state index < -0.39 is 23.6 Å². The number of amides is 2. The van der Waals surface area contributed by atoms with Crippen molar-refractivity contribution < 1.29 is 19.2 Å². The van der Waals surface area contributed by atoms with Crippen LogP contribution in [0.3, 0.4) is 0 Å². The summed E-state index contributed by atoms with van der Waals surface area (Å²) in [6.45, 7) is 5.25. The van der Waals surface area contributed by atoms with Gasteiger partial charge < -0.3 is 10.1 Å². The average molecular weight is 280 g/mol. The van der Waals surface area contributed by atoms with Crippen LogP contribution in [0.2, 0.25) is 0 Å². The fourth-order valence-electron chi connectivity index (χ4n) is 1.53. The minimum absolute atomic E-state index is 0.482. The third kappa shape index (κ3) is 5.27. The fourth-order valence-corrected chi connectivity index (χ4v) is 1.53. The van der Waals surface area contributed by atoms with Crippen LogP contribution < -0.4 is 10.8 Å². The van der Waals surface area contributed by atoms with E-state index in [0.29, 0.717) is 5.56 Å². The monoisotopic (exact) mass is 280 g/mol. The van der Waals surface area contributed by atoms with Crippen molar-refractivity contribution in [1.82, 2.24) is 10.8 Å². The van der Waals surface area contributed by atoms with Gasteiger partial charge in [-0.1, -0.05) is 30.3 Å². The van der Waals surface area contributed by atoms with Crippen molar-refractivity contribution >= 4 is 12.0 Å². The van der Waals surface area contributed by atoms with E-state index >= 15 is 0 Å². The Morgan fingerprint density at radius 1 is 1.15 bits per heavy atom. The van der Waals surface area contributed by atoms with Gasteiger partial charge in [-0.3, -0.25) is 9.63 Å². The SMILES string of the molecule is CONC(=O)C(NC(=O)OC(C)(C)C)c1ccccc1. The van der Waals surface area contributed by atoms with E-state index in [1.54, 1.807) is 45.0 Å². The van der Waals surface area contributed by atoms with Gasteiger partial charge in [0.15, 0.2) is 0 Å². The molecule has 6 nitrogen and oxygen atoms in total. The smallest absolute Gasteiger partial charge is 0.408 e. The van der Waals surface area contributed by atoms with Crippen LogP contribution in [0.5, 0.6) is 0 Å². The molecule has 1 atom stereocenters. The lowest BCUT2D eigenvalue weighted by Gasteiger charge is -2.23. The quantitative estimate of drug-likeness (QED) is 0.826. The maximum absolute atomic E-state index is 11.9. The standard InChI is InChI=1S/C14H20N2O4/c1-14(2,3)20-13(18)15-11(12(17)16-19-4)10-8-6-5-7-9-10/h5-9,11H,1-4H3,(H,15,18)(H,16,17). The molecule has 2 amide bonds. The molecule has 6 heteroatoms. The first-order chi connectivity index (χ1) is 9.33. The highest BCUT2D eigenvalue weighted by Crippen LogP contribution is 2.14. The van der Waals surface area contributed by atoms with E-state index in [2.05, 4.69) is 15.6 Å². The van der Waals surface area contributed by atoms with Gasteiger partial charge in [0.2, 0.25) is 0 Å². The molecular weight excluding hydrogens is 260 g/mol. The highest BCUT2D eigenvalue weighted by atomic mass is 16.6. The summed E-state index contributed by atoms with van der Waals surface area (Å²) in [7, 11) is 1.33. The lowest BCUT2D eigenvalue weighted by Crippen LogP contribution is -2.42. The molecule has 1 aromatic rings. The number of rotatable bonds is 4. The normalized spacial score (nSPS) is 12.4. The molecule has 0 aliphatic rings. The van der Waals surface area contributed by atoms with Gasteiger partial charge in [-0.15, -0.1) is 0 Å². The Morgan fingerprint density at radius 2 is 1.75 bits per heavy atom. The third-order valence-electron chi connectivity index (χ3n) is 2.26. The summed E-state index contributed by atoms with van der Waals surface area (Å²) in [6.07, 6.45) is -0.669. The molecule has 0 radical (unpaired) electrons. The van der Waals surface area contributed by atoms with Gasteiger partial charge in [0, 0.05) is 0 Å². The summed E-state index contributed by atoms with van der Waals surface area (Å²) in [5.74, 6) is -0.482. The van der Waals surface area contributed by atoms with E-state index in [1.807, 2.05) is 6.07 Å². The van der Waals surface area contributed by atoms with Crippen molar-refractivity contribution in [2.75, 3.05) is 7.11 Å². The number of benzene rings is 1. The average Bonchev–Trinajstić information content (AvgIpc) is 2.35. The largest absolute Gasteiger partial charge is 0.444 e. The molecule has 0 saturated heterocycles. The summed E-state index contributed by atoms with van der Waals surface area (Å²) < 4.78 is 5.15. The zero-order chi connectivity index (χ0) is 15.2. The molecule has 0 fully saturated rings. The van der Waals surface area contributed by atoms with E-state index in [4.69, 9.17) is 4.74 Å². The van der Waals surface area contributed by atoms with E-state index in [-0.39, 0.29) is 0 Å². The van der Waals surface area contributed by atoms with Crippen LogP contribution in [0.1, 0.15) is 32.4 Å². The number of hydrogen-bond donors (Lipinski definition) is 2. The summed E-state index contributed by atoms with van der Waals surface area (Å²) in [5.41, 5.74) is 2.20. The Morgan fingerprint density at radius 3 is 2.25 bits per heavy atom. The van der Waals surface area contributed by atoms with Crippen molar-refractivity contribution in [3.63, 3.8) is 0 Å². The Bertz CT molecular complexity index is 454. The molecule has 2 N–H and O–H groups in total. The zero-order valence-electron chi connectivity index (χ0n) is 12.1. The molecular formula is C14H20N2O4. The van der Waals surface area contributed by atoms with E-state index in [1.165, 1.54) is 7.11 Å². The van der Waals surface area contributed by atoms with E-state index in [9.17, 15) is 9.59 Å². The summed E-state index contributed by atoms with van der Waals surface area (Å²) >= 11 is 0. The van der Waals surface area contributed by atoms with Crippen LogP contribution in [0.15, 0.2) is 30.3 Å². The summed E-state index contributed by atoms with van der Waals surface area (Å²) in [6, 6.07) is 7.96. The van der Waals surface area contributed by atoms with Gasteiger partial charge in [0.25, 0.3) is 5.91 Å². The molecule has 0 aromatic heterocycles. The van der Waals surface area contributed by atoms with Gasteiger partial charge in [-0.05, 0) is 26.3 Å². The van der Waals surface area contributed by atoms with Crippen molar-refractivity contribution in [2.45, 2.75) is 32.4 Å². The van der Waals surface area contributed by atoms with Crippen molar-refractivity contribution in [1.29, 1.82) is 0 Å². The number of carbonyl (C=O) groups excluding carboxylic acids is 2. The van der Waals surface area contributed by atoms with Gasteiger partial charge in [0.1, 0.15) is 11.6 Å². The van der Waals surface area contributed by atoms with Gasteiger partial charge in [-0.2, -0.15) is 0 Å². The third-order valence-corrected chi connectivity index (χ3v) is 2.26. The first kappa shape index (κ1) is 16.0. The minimum atomic E-state index is -0.883. The molecule has 1 aromatic carbocycles. The molecule has 0 spiro atoms. The topological polar surface area (TPSA) is 76.7 Å². The minimum Gasteiger partial charge on any atom is -0.444 e. The zero-order valence-corrected chi connectivity index (χ0v) is 12.1. The maximum Gasteiger partial charge on any atom is 0.408 e. The molecule has 1 unspecified atom stereocenters. The summed E-state index contributed by atoms with van der Waals surface area (Å²) in [4.78, 5) is 28.3. The molecule has 0 aliphatic heterocycles. The van der Waals surface area contributed by atoms with Crippen LogP contribution >= 0.6 is 0 Å². The van der Waals surface area contributed by atoms with Crippen LogP contribution in [0.25, 0.3) is 0 Å². The highest BCUT2D eigenvalue weighted by Gasteiger charge is 2.25. The van der Waals surface area contributed by atoms with Crippen LogP contribution in [0.4, 0.5) is 4.79 Å². The highest BCUT2D eigenvalue weighted by molar-refractivity contribution is 5.86. The second-order valence-electron chi connectivity index (χ2n) is 5.16. The first-order valence-corrected chi connectivity index (χ1v) is 6.21. The second kappa shape index (κ2) is 6.91. The lowest BCUT2D eigenvalue weighted by molar-refractivity contribution is -0.133. The van der Waals surface area contributed by atoms with Gasteiger partial charge >= 0.3 is 6.09 Å². The molecule has 110 valence electrons. The molecule has 0 heterocycles. The second-order valence-corrected chi connectivity index (χ2v) is 5.16. The first-order valence-electron chi connectivity index (χ1n) is 6.21. The van der Waals surface area contributed by atoms with Gasteiger partial charge in [-0.25, -0.2) is 10.3 Å². The van der Waals surface area contributed by atoms with Crippen LogP contribution in [-0.4, -0.2) is 24.7 Å². The van der Waals surface area contributed by atoms with Crippen molar-refractivity contribution in [2.24, 2.45) is 0 Å². The number of nitrogens with one attached hydrogen (secondary N) is 2. The van der Waals surface area contributed by atoms with Crippen LogP contribution in [-0.2, 0) is 14.4 Å². The fraction of sp³-hybridized carbons (Fsp3) is 0.429. The van der Waals surface area contributed by atoms with Crippen LogP contribution in [0, 0.1) is 0 Å². The Hall–Kier alpha value is -2.08. The molecule has 0 saturated carbocycles. The maximum atomic E-state index is 11.9. The Kier molecular flexibility index (Phi) is 5.52. The van der Waals surface area contributed by atoms with Gasteiger partial charge in [0.05, 0.1) is 7.11 Å². The predicted octanol–water partition coefficient (Wildman–Crippen LogP) is 1.93. The molecule has 0 bridgehead atoms. The number of ether oxygens (including phenoxy) is 1. The van der Waals surface area contributed by atoms with Crippen molar-refractivity contribution in [3.8, 4) is 0 Å². The van der Waals surface area contributed by atoms with E-state index in [0.717, 1.165) is 0 Å². The number of hydroxylamine groups is 1.